The van der Waals surface area contributed by atoms with Crippen LogP contribution in [0.1, 0.15) is 5.56 Å². The maximum atomic E-state index is 11.0. The third-order valence-electron chi connectivity index (χ3n) is 4.82. The van der Waals surface area contributed by atoms with E-state index in [2.05, 4.69) is 29.3 Å². The Morgan fingerprint density at radius 3 is 2.43 bits per heavy atom. The quantitative estimate of drug-likeness (QED) is 0.694. The van der Waals surface area contributed by atoms with Crippen molar-refractivity contribution in [2.75, 3.05) is 36.4 Å². The Bertz CT molecular complexity index is 952. The summed E-state index contributed by atoms with van der Waals surface area (Å²) in [6.45, 7) is 4.99. The molecule has 2 aromatic carbocycles. The summed E-state index contributed by atoms with van der Waals surface area (Å²) >= 11 is 0. The number of amides is 1. The summed E-state index contributed by atoms with van der Waals surface area (Å²) in [6.07, 6.45) is 0.914. The molecule has 28 heavy (non-hydrogen) atoms. The van der Waals surface area contributed by atoms with E-state index < -0.39 is 0 Å². The molecule has 1 N–H and O–H groups in total. The Balaban J connectivity index is 1.68. The molecule has 0 unspecified atom stereocenters. The maximum absolute atomic E-state index is 11.0. The molecule has 1 amide bonds. The lowest BCUT2D eigenvalue weighted by Gasteiger charge is -2.33. The van der Waals surface area contributed by atoms with E-state index in [4.69, 9.17) is 9.97 Å². The van der Waals surface area contributed by atoms with Crippen LogP contribution in [0.15, 0.2) is 60.7 Å². The molecular formula is C22H23N5O. The Labute approximate surface area is 164 Å². The summed E-state index contributed by atoms with van der Waals surface area (Å²) in [4.78, 5) is 24.5. The molecule has 1 saturated heterocycles. The number of piperazine rings is 1. The first-order valence-electron chi connectivity index (χ1n) is 9.44. The molecule has 0 spiro atoms. The highest BCUT2D eigenvalue weighted by molar-refractivity contribution is 5.66. The van der Waals surface area contributed by atoms with Gasteiger partial charge in [0.05, 0.1) is 0 Å². The number of anilines is 3. The number of carbonyl (C=O) groups excluding carboxylic acids is 1. The van der Waals surface area contributed by atoms with Crippen molar-refractivity contribution < 1.29 is 4.79 Å². The molecular weight excluding hydrogens is 350 g/mol. The van der Waals surface area contributed by atoms with Crippen molar-refractivity contribution in [2.45, 2.75) is 6.92 Å². The van der Waals surface area contributed by atoms with Gasteiger partial charge >= 0.3 is 0 Å². The lowest BCUT2D eigenvalue weighted by atomic mass is 10.2. The zero-order chi connectivity index (χ0) is 19.3. The molecule has 4 rings (SSSR count). The van der Waals surface area contributed by atoms with Crippen molar-refractivity contribution in [3.05, 3.63) is 66.2 Å². The molecule has 1 fully saturated rings. The Kier molecular flexibility index (Phi) is 5.19. The molecule has 0 radical (unpaired) electrons. The van der Waals surface area contributed by atoms with E-state index in [0.717, 1.165) is 42.4 Å². The molecule has 142 valence electrons. The van der Waals surface area contributed by atoms with Crippen LogP contribution in [0.2, 0.25) is 0 Å². The second-order valence-corrected chi connectivity index (χ2v) is 6.92. The molecule has 0 aliphatic carbocycles. The third-order valence-corrected chi connectivity index (χ3v) is 4.82. The summed E-state index contributed by atoms with van der Waals surface area (Å²) in [7, 11) is 0. The summed E-state index contributed by atoms with van der Waals surface area (Å²) in [6, 6.07) is 20.2. The highest BCUT2D eigenvalue weighted by Crippen LogP contribution is 2.25. The zero-order valence-corrected chi connectivity index (χ0v) is 15.9. The van der Waals surface area contributed by atoms with E-state index >= 15 is 0 Å². The van der Waals surface area contributed by atoms with Gasteiger partial charge in [0.15, 0.2) is 5.82 Å². The normalized spacial score (nSPS) is 14.0. The number of nitrogens with one attached hydrogen (secondary N) is 1. The average Bonchev–Trinajstić information content (AvgIpc) is 2.74. The van der Waals surface area contributed by atoms with Gasteiger partial charge in [0, 0.05) is 43.5 Å². The van der Waals surface area contributed by atoms with Crippen LogP contribution in [0, 0.1) is 6.92 Å². The lowest BCUT2D eigenvalue weighted by molar-refractivity contribution is -0.118. The predicted octanol–water partition coefficient (Wildman–Crippen LogP) is 3.47. The van der Waals surface area contributed by atoms with Gasteiger partial charge in [-0.25, -0.2) is 9.97 Å². The van der Waals surface area contributed by atoms with Gasteiger partial charge in [-0.1, -0.05) is 42.5 Å². The number of hydrogen-bond donors (Lipinski definition) is 1. The van der Waals surface area contributed by atoms with E-state index in [0.29, 0.717) is 18.9 Å². The second kappa shape index (κ2) is 8.08. The van der Waals surface area contributed by atoms with Crippen LogP contribution in [0.25, 0.3) is 11.4 Å². The molecule has 1 aliphatic rings. The van der Waals surface area contributed by atoms with Crippen molar-refractivity contribution in [2.24, 2.45) is 0 Å². The molecule has 6 heteroatoms. The van der Waals surface area contributed by atoms with Crippen molar-refractivity contribution in [3.63, 3.8) is 0 Å². The first kappa shape index (κ1) is 18.0. The Hall–Kier alpha value is -3.41. The van der Waals surface area contributed by atoms with Gasteiger partial charge in [-0.15, -0.1) is 0 Å². The fourth-order valence-electron chi connectivity index (χ4n) is 3.30. The molecule has 0 saturated carbocycles. The van der Waals surface area contributed by atoms with Crippen LogP contribution >= 0.6 is 0 Å². The lowest BCUT2D eigenvalue weighted by Crippen LogP contribution is -2.46. The predicted molar refractivity (Wildman–Crippen MR) is 112 cm³/mol. The number of benzene rings is 2. The molecule has 2 heterocycles. The van der Waals surface area contributed by atoms with Gasteiger partial charge in [0.1, 0.15) is 11.6 Å². The summed E-state index contributed by atoms with van der Waals surface area (Å²) in [5, 5.41) is 3.41. The second-order valence-electron chi connectivity index (χ2n) is 6.92. The van der Waals surface area contributed by atoms with E-state index in [9.17, 15) is 4.79 Å². The van der Waals surface area contributed by atoms with E-state index in [-0.39, 0.29) is 0 Å². The molecule has 0 bridgehead atoms. The fourth-order valence-corrected chi connectivity index (χ4v) is 3.30. The van der Waals surface area contributed by atoms with Crippen LogP contribution in [0.4, 0.5) is 17.3 Å². The topological polar surface area (TPSA) is 61.4 Å². The Morgan fingerprint density at radius 2 is 1.71 bits per heavy atom. The number of hydrogen-bond acceptors (Lipinski definition) is 5. The number of carbonyl (C=O) groups is 1. The molecule has 1 aromatic heterocycles. The number of rotatable bonds is 5. The highest BCUT2D eigenvalue weighted by atomic mass is 16.1. The Morgan fingerprint density at radius 1 is 0.929 bits per heavy atom. The van der Waals surface area contributed by atoms with Crippen LogP contribution in [0.5, 0.6) is 0 Å². The largest absolute Gasteiger partial charge is 0.353 e. The SMILES string of the molecule is Cc1cccc(Nc2cc(N3CCN(C=O)CC3)nc(-c3ccccc3)n2)c1. The first-order valence-corrected chi connectivity index (χ1v) is 9.44. The monoisotopic (exact) mass is 373 g/mol. The van der Waals surface area contributed by atoms with Crippen molar-refractivity contribution in [1.29, 1.82) is 0 Å². The number of nitrogens with zero attached hydrogens (tertiary/aromatic N) is 4. The summed E-state index contributed by atoms with van der Waals surface area (Å²) in [5.74, 6) is 2.31. The fraction of sp³-hybridized carbons (Fsp3) is 0.227. The zero-order valence-electron chi connectivity index (χ0n) is 15.9. The minimum Gasteiger partial charge on any atom is -0.353 e. The number of aromatic nitrogens is 2. The van der Waals surface area contributed by atoms with E-state index in [1.807, 2.05) is 48.5 Å². The van der Waals surface area contributed by atoms with Gasteiger partial charge in [0.2, 0.25) is 6.41 Å². The van der Waals surface area contributed by atoms with Crippen LogP contribution < -0.4 is 10.2 Å². The smallest absolute Gasteiger partial charge is 0.209 e. The average molecular weight is 373 g/mol. The van der Waals surface area contributed by atoms with Gasteiger partial charge in [0.25, 0.3) is 0 Å². The minimum atomic E-state index is 0.686. The van der Waals surface area contributed by atoms with Gasteiger partial charge < -0.3 is 15.1 Å². The summed E-state index contributed by atoms with van der Waals surface area (Å²) in [5.41, 5.74) is 3.16. The molecule has 3 aromatic rings. The van der Waals surface area contributed by atoms with Gasteiger partial charge in [-0.3, -0.25) is 4.79 Å². The summed E-state index contributed by atoms with van der Waals surface area (Å²) < 4.78 is 0. The van der Waals surface area contributed by atoms with Gasteiger partial charge in [-0.2, -0.15) is 0 Å². The standard InChI is InChI=1S/C22H23N5O/c1-17-6-5-9-19(14-17)23-20-15-21(27-12-10-26(16-28)11-13-27)25-22(24-20)18-7-3-2-4-8-18/h2-9,14-16H,10-13H2,1H3,(H,23,24,25). The molecule has 6 nitrogen and oxygen atoms in total. The third kappa shape index (κ3) is 4.11. The highest BCUT2D eigenvalue weighted by Gasteiger charge is 2.18. The van der Waals surface area contributed by atoms with E-state index in [1.165, 1.54) is 5.56 Å². The van der Waals surface area contributed by atoms with Crippen LogP contribution in [-0.4, -0.2) is 47.5 Å². The minimum absolute atomic E-state index is 0.686. The van der Waals surface area contributed by atoms with E-state index in [1.54, 1.807) is 4.90 Å². The molecule has 0 atom stereocenters. The first-order chi connectivity index (χ1) is 13.7. The number of aryl methyl sites for hydroxylation is 1. The van der Waals surface area contributed by atoms with Crippen LogP contribution in [0.3, 0.4) is 0 Å². The van der Waals surface area contributed by atoms with Crippen molar-refractivity contribution in [3.8, 4) is 11.4 Å². The van der Waals surface area contributed by atoms with Gasteiger partial charge in [-0.05, 0) is 24.6 Å². The maximum Gasteiger partial charge on any atom is 0.209 e. The van der Waals surface area contributed by atoms with Crippen LogP contribution in [-0.2, 0) is 4.79 Å². The molecule has 1 aliphatic heterocycles. The van der Waals surface area contributed by atoms with Crippen molar-refractivity contribution in [1.82, 2.24) is 14.9 Å². The van der Waals surface area contributed by atoms with Crippen molar-refractivity contribution >= 4 is 23.7 Å².